The topological polar surface area (TPSA) is 8.17 Å². The molecule has 0 atom stereocenters. The molecule has 1 saturated heterocycles. The minimum atomic E-state index is 0.329. The molecule has 0 bridgehead atoms. The molecule has 2 nitrogen and oxygen atoms in total. The normalized spacial score (nSPS) is 24.2. The van der Waals surface area contributed by atoms with Gasteiger partial charge in [-0.3, -0.25) is 0 Å². The van der Waals surface area contributed by atoms with E-state index in [1.165, 1.54) is 23.7 Å². The molecule has 0 N–H and O–H groups in total. The number of nitrogens with zero attached hydrogens (tertiary/aromatic N) is 2. The van der Waals surface area contributed by atoms with Crippen LogP contribution in [-0.4, -0.2) is 29.6 Å². The lowest BCUT2D eigenvalue weighted by Crippen LogP contribution is -2.49. The predicted molar refractivity (Wildman–Crippen MR) is 67.5 cm³/mol. The minimum Gasteiger partial charge on any atom is -0.342 e. The van der Waals surface area contributed by atoms with Crippen molar-refractivity contribution in [1.82, 2.24) is 9.47 Å². The van der Waals surface area contributed by atoms with Crippen LogP contribution < -0.4 is 10.6 Å². The lowest BCUT2D eigenvalue weighted by molar-refractivity contribution is 0.138. The SMILES string of the molecule is CN1CC(n2ccc3c2=CCC(C)(C)C=3)C1. The van der Waals surface area contributed by atoms with E-state index in [2.05, 4.69) is 54.8 Å². The quantitative estimate of drug-likeness (QED) is 0.679. The van der Waals surface area contributed by atoms with Crippen LogP contribution in [-0.2, 0) is 0 Å². The largest absolute Gasteiger partial charge is 0.342 e. The second kappa shape index (κ2) is 3.24. The smallest absolute Gasteiger partial charge is 0.0590 e. The Bertz CT molecular complexity index is 515. The van der Waals surface area contributed by atoms with E-state index < -0.39 is 0 Å². The lowest BCUT2D eigenvalue weighted by atomic mass is 9.86. The summed E-state index contributed by atoms with van der Waals surface area (Å²) < 4.78 is 2.46. The van der Waals surface area contributed by atoms with Crippen molar-refractivity contribution in [3.8, 4) is 0 Å². The highest BCUT2D eigenvalue weighted by Gasteiger charge is 2.26. The summed E-state index contributed by atoms with van der Waals surface area (Å²) in [5, 5.41) is 2.86. The number of hydrogen-bond acceptors (Lipinski definition) is 1. The molecule has 86 valence electrons. The molecular weight excluding hydrogens is 196 g/mol. The van der Waals surface area contributed by atoms with E-state index in [1.54, 1.807) is 0 Å². The van der Waals surface area contributed by atoms with E-state index in [0.29, 0.717) is 11.5 Å². The Morgan fingerprint density at radius 2 is 2.06 bits per heavy atom. The molecule has 16 heavy (non-hydrogen) atoms. The standard InChI is InChI=1S/C14H20N2/c1-14(2)6-4-13-11(8-14)5-7-16(13)12-9-15(3)10-12/h4-5,7-8,12H,6,9-10H2,1-3H3. The van der Waals surface area contributed by atoms with Gasteiger partial charge in [0.2, 0.25) is 0 Å². The number of rotatable bonds is 1. The van der Waals surface area contributed by atoms with Crippen LogP contribution in [0.15, 0.2) is 12.3 Å². The second-order valence-corrected chi connectivity index (χ2v) is 5.98. The molecule has 1 aromatic heterocycles. The number of aromatic nitrogens is 1. The van der Waals surface area contributed by atoms with Gasteiger partial charge in [-0.15, -0.1) is 0 Å². The first-order chi connectivity index (χ1) is 7.55. The van der Waals surface area contributed by atoms with Crippen molar-refractivity contribution in [3.63, 3.8) is 0 Å². The van der Waals surface area contributed by atoms with Gasteiger partial charge in [0, 0.05) is 24.6 Å². The third-order valence-corrected chi connectivity index (χ3v) is 3.79. The lowest BCUT2D eigenvalue weighted by Gasteiger charge is -2.37. The molecule has 1 fully saturated rings. The number of likely N-dealkylation sites (N-methyl/N-ethyl adjacent to an activating group) is 1. The van der Waals surface area contributed by atoms with E-state index in [9.17, 15) is 0 Å². The van der Waals surface area contributed by atoms with Crippen molar-refractivity contribution in [2.45, 2.75) is 26.3 Å². The number of hydrogen-bond donors (Lipinski definition) is 0. The predicted octanol–water partition coefficient (Wildman–Crippen LogP) is 0.965. The van der Waals surface area contributed by atoms with E-state index in [1.807, 2.05) is 0 Å². The Morgan fingerprint density at radius 3 is 2.75 bits per heavy atom. The van der Waals surface area contributed by atoms with Crippen LogP contribution in [0.25, 0.3) is 12.2 Å². The first kappa shape index (κ1) is 10.2. The molecule has 1 aromatic rings. The van der Waals surface area contributed by atoms with Gasteiger partial charge in [-0.25, -0.2) is 0 Å². The average Bonchev–Trinajstić information content (AvgIpc) is 2.53. The van der Waals surface area contributed by atoms with Crippen molar-refractivity contribution >= 4 is 12.2 Å². The highest BCUT2D eigenvalue weighted by Crippen LogP contribution is 2.24. The van der Waals surface area contributed by atoms with Gasteiger partial charge in [0.1, 0.15) is 0 Å². The Kier molecular flexibility index (Phi) is 2.05. The zero-order chi connectivity index (χ0) is 11.3. The van der Waals surface area contributed by atoms with Crippen LogP contribution in [0.1, 0.15) is 26.3 Å². The fraction of sp³-hybridized carbons (Fsp3) is 0.571. The molecule has 2 heterocycles. The molecule has 3 rings (SSSR count). The summed E-state index contributed by atoms with van der Waals surface area (Å²) in [6, 6.07) is 2.96. The van der Waals surface area contributed by atoms with Crippen molar-refractivity contribution in [2.24, 2.45) is 5.41 Å². The van der Waals surface area contributed by atoms with Crippen molar-refractivity contribution in [2.75, 3.05) is 20.1 Å². The molecule has 2 heteroatoms. The van der Waals surface area contributed by atoms with Gasteiger partial charge >= 0.3 is 0 Å². The van der Waals surface area contributed by atoms with Crippen molar-refractivity contribution in [3.05, 3.63) is 22.8 Å². The highest BCUT2D eigenvalue weighted by molar-refractivity contribution is 5.42. The third-order valence-electron chi connectivity index (χ3n) is 3.79. The average molecular weight is 216 g/mol. The molecular formula is C14H20N2. The first-order valence-electron chi connectivity index (χ1n) is 6.14. The van der Waals surface area contributed by atoms with Gasteiger partial charge in [0.05, 0.1) is 6.04 Å². The molecule has 0 radical (unpaired) electrons. The maximum atomic E-state index is 2.46. The first-order valence-corrected chi connectivity index (χ1v) is 6.14. The Hall–Kier alpha value is -1.02. The minimum absolute atomic E-state index is 0.329. The van der Waals surface area contributed by atoms with Gasteiger partial charge in [-0.05, 0) is 30.2 Å². The summed E-state index contributed by atoms with van der Waals surface area (Å²) in [6.45, 7) is 7.00. The van der Waals surface area contributed by atoms with E-state index in [-0.39, 0.29) is 0 Å². The van der Waals surface area contributed by atoms with Gasteiger partial charge < -0.3 is 9.47 Å². The zero-order valence-electron chi connectivity index (χ0n) is 10.4. The van der Waals surface area contributed by atoms with Crippen LogP contribution in [0.3, 0.4) is 0 Å². The monoisotopic (exact) mass is 216 g/mol. The maximum Gasteiger partial charge on any atom is 0.0590 e. The maximum absolute atomic E-state index is 2.46. The fourth-order valence-corrected chi connectivity index (χ4v) is 2.82. The van der Waals surface area contributed by atoms with E-state index >= 15 is 0 Å². The molecule has 0 aromatic carbocycles. The molecule has 1 aliphatic carbocycles. The summed E-state index contributed by atoms with van der Waals surface area (Å²) in [5.74, 6) is 0. The summed E-state index contributed by atoms with van der Waals surface area (Å²) >= 11 is 0. The number of likely N-dealkylation sites (tertiary alicyclic amines) is 1. The molecule has 0 unspecified atom stereocenters. The summed E-state index contributed by atoms with van der Waals surface area (Å²) in [5.41, 5.74) is 0.329. The molecule has 0 amide bonds. The third kappa shape index (κ3) is 1.52. The van der Waals surface area contributed by atoms with Crippen LogP contribution in [0, 0.1) is 5.41 Å². The van der Waals surface area contributed by atoms with Crippen LogP contribution >= 0.6 is 0 Å². The molecule has 2 aliphatic rings. The van der Waals surface area contributed by atoms with Crippen molar-refractivity contribution < 1.29 is 0 Å². The van der Waals surface area contributed by atoms with Gasteiger partial charge in [0.15, 0.2) is 0 Å². The summed E-state index contributed by atoms with van der Waals surface area (Å²) in [6.07, 6.45) is 8.25. The van der Waals surface area contributed by atoms with Gasteiger partial charge in [-0.2, -0.15) is 0 Å². The van der Waals surface area contributed by atoms with Crippen LogP contribution in [0.4, 0.5) is 0 Å². The Labute approximate surface area is 96.9 Å². The van der Waals surface area contributed by atoms with Crippen LogP contribution in [0.5, 0.6) is 0 Å². The molecule has 0 saturated carbocycles. The molecule has 0 spiro atoms. The highest BCUT2D eigenvalue weighted by atomic mass is 15.2. The van der Waals surface area contributed by atoms with E-state index in [0.717, 1.165) is 6.42 Å². The Morgan fingerprint density at radius 1 is 1.31 bits per heavy atom. The molecule has 1 aliphatic heterocycles. The fourth-order valence-electron chi connectivity index (χ4n) is 2.82. The van der Waals surface area contributed by atoms with Gasteiger partial charge in [-0.1, -0.05) is 26.0 Å². The van der Waals surface area contributed by atoms with Crippen molar-refractivity contribution in [1.29, 1.82) is 0 Å². The summed E-state index contributed by atoms with van der Waals surface area (Å²) in [7, 11) is 2.19. The van der Waals surface area contributed by atoms with E-state index in [4.69, 9.17) is 0 Å². The summed E-state index contributed by atoms with van der Waals surface area (Å²) in [4.78, 5) is 2.37. The van der Waals surface area contributed by atoms with Crippen LogP contribution in [0.2, 0.25) is 0 Å². The zero-order valence-corrected chi connectivity index (χ0v) is 10.4. The Balaban J connectivity index is 2.03. The number of fused-ring (bicyclic) bond motifs is 1. The van der Waals surface area contributed by atoms with Gasteiger partial charge in [0.25, 0.3) is 0 Å². The second-order valence-electron chi connectivity index (χ2n) is 5.98.